The molecule has 1 amide bonds. The van der Waals surface area contributed by atoms with Gasteiger partial charge in [-0.05, 0) is 39.7 Å². The normalized spacial score (nSPS) is 14.0. The molecule has 1 heterocycles. The number of nitrogens with two attached hydrogens (primary N) is 1. The van der Waals surface area contributed by atoms with E-state index in [-0.39, 0.29) is 17.8 Å². The number of hydrogen-bond acceptors (Lipinski definition) is 4. The Kier molecular flexibility index (Phi) is 5.41. The average Bonchev–Trinajstić information content (AvgIpc) is 2.79. The highest BCUT2D eigenvalue weighted by molar-refractivity contribution is 6.06. The highest BCUT2D eigenvalue weighted by Gasteiger charge is 2.40. The number of nitrogens with one attached hydrogen (secondary N) is 1. The van der Waals surface area contributed by atoms with Crippen LogP contribution in [-0.2, 0) is 4.79 Å². The molecule has 1 unspecified atom stereocenters. The van der Waals surface area contributed by atoms with Crippen molar-refractivity contribution in [3.05, 3.63) is 23.2 Å². The van der Waals surface area contributed by atoms with Gasteiger partial charge in [0.25, 0.3) is 0 Å². The van der Waals surface area contributed by atoms with Crippen molar-refractivity contribution >= 4 is 11.7 Å². The van der Waals surface area contributed by atoms with Crippen molar-refractivity contribution in [2.75, 3.05) is 0 Å². The number of carbonyl (C=O) groups is 1. The quantitative estimate of drug-likeness (QED) is 0.325. The van der Waals surface area contributed by atoms with Crippen molar-refractivity contribution in [3.63, 3.8) is 0 Å². The third-order valence-electron chi connectivity index (χ3n) is 4.13. The fraction of sp³-hybridized carbons (Fsp3) is 0.600. The summed E-state index contributed by atoms with van der Waals surface area (Å²) >= 11 is 0. The lowest BCUT2D eigenvalue weighted by Crippen LogP contribution is -2.49. The molecular formula is C15H25N3O3. The Morgan fingerprint density at radius 2 is 2.05 bits per heavy atom. The molecular weight excluding hydrogens is 270 g/mol. The van der Waals surface area contributed by atoms with Crippen molar-refractivity contribution in [3.8, 4) is 0 Å². The summed E-state index contributed by atoms with van der Waals surface area (Å²) < 4.78 is 5.48. The number of amidine groups is 1. The molecule has 1 rings (SSSR count). The van der Waals surface area contributed by atoms with Crippen LogP contribution in [0.1, 0.15) is 56.7 Å². The molecule has 1 aromatic heterocycles. The van der Waals surface area contributed by atoms with Gasteiger partial charge >= 0.3 is 0 Å². The molecule has 0 saturated heterocycles. The van der Waals surface area contributed by atoms with Crippen LogP contribution in [-0.4, -0.2) is 17.0 Å². The maximum absolute atomic E-state index is 12.6. The van der Waals surface area contributed by atoms with E-state index in [2.05, 4.69) is 10.5 Å². The molecule has 0 bridgehead atoms. The first-order valence-electron chi connectivity index (χ1n) is 7.18. The average molecular weight is 295 g/mol. The Hall–Kier alpha value is -1.98. The largest absolute Gasteiger partial charge is 0.466 e. The lowest BCUT2D eigenvalue weighted by atomic mass is 9.80. The van der Waals surface area contributed by atoms with Crippen LogP contribution >= 0.6 is 0 Å². The number of rotatable bonds is 6. The Morgan fingerprint density at radius 1 is 1.48 bits per heavy atom. The zero-order valence-corrected chi connectivity index (χ0v) is 13.4. The van der Waals surface area contributed by atoms with Crippen LogP contribution in [0.5, 0.6) is 0 Å². The van der Waals surface area contributed by atoms with Crippen molar-refractivity contribution in [1.82, 2.24) is 5.32 Å². The van der Waals surface area contributed by atoms with Crippen LogP contribution in [0.4, 0.5) is 0 Å². The molecule has 21 heavy (non-hydrogen) atoms. The zero-order chi connectivity index (χ0) is 16.2. The third-order valence-corrected chi connectivity index (χ3v) is 4.13. The first-order chi connectivity index (χ1) is 9.82. The first-order valence-corrected chi connectivity index (χ1v) is 7.18. The predicted molar refractivity (Wildman–Crippen MR) is 81.2 cm³/mol. The van der Waals surface area contributed by atoms with Gasteiger partial charge in [-0.2, -0.15) is 0 Å². The van der Waals surface area contributed by atoms with E-state index in [1.807, 2.05) is 40.7 Å². The van der Waals surface area contributed by atoms with E-state index in [1.54, 1.807) is 0 Å². The minimum Gasteiger partial charge on any atom is -0.466 e. The van der Waals surface area contributed by atoms with Crippen LogP contribution in [0.2, 0.25) is 0 Å². The van der Waals surface area contributed by atoms with E-state index >= 15 is 0 Å². The second kappa shape index (κ2) is 6.65. The van der Waals surface area contributed by atoms with Crippen molar-refractivity contribution in [2.24, 2.45) is 16.3 Å². The van der Waals surface area contributed by atoms with Crippen LogP contribution in [0.25, 0.3) is 0 Å². The van der Waals surface area contributed by atoms with Gasteiger partial charge in [-0.15, -0.1) is 0 Å². The van der Waals surface area contributed by atoms with Gasteiger partial charge < -0.3 is 20.7 Å². The Labute approximate surface area is 125 Å². The molecule has 0 radical (unpaired) electrons. The number of amides is 1. The summed E-state index contributed by atoms with van der Waals surface area (Å²) in [6.45, 7) is 9.31. The number of hydrogen-bond donors (Lipinski definition) is 3. The first kappa shape index (κ1) is 17.1. The summed E-state index contributed by atoms with van der Waals surface area (Å²) in [4.78, 5) is 12.6. The topological polar surface area (TPSA) is 101 Å². The molecule has 0 spiro atoms. The molecule has 0 saturated carbocycles. The van der Waals surface area contributed by atoms with Gasteiger partial charge in [-0.1, -0.05) is 19.0 Å². The van der Waals surface area contributed by atoms with E-state index in [9.17, 15) is 4.79 Å². The maximum atomic E-state index is 12.6. The molecule has 1 aromatic rings. The van der Waals surface area contributed by atoms with E-state index in [0.29, 0.717) is 12.8 Å². The summed E-state index contributed by atoms with van der Waals surface area (Å²) in [7, 11) is 0. The fourth-order valence-corrected chi connectivity index (χ4v) is 2.64. The standard InChI is InChI=1S/C15H25N3O3/c1-6-15(7-2,13(16)18-20)14(19)17-10(4)12-8-9(3)21-11(12)5/h8,10,20H,6-7H2,1-5H3,(H2,16,18)(H,17,19). The summed E-state index contributed by atoms with van der Waals surface area (Å²) in [5.41, 5.74) is 5.68. The highest BCUT2D eigenvalue weighted by Crippen LogP contribution is 2.29. The van der Waals surface area contributed by atoms with Gasteiger partial charge in [-0.3, -0.25) is 4.79 Å². The smallest absolute Gasteiger partial charge is 0.234 e. The maximum Gasteiger partial charge on any atom is 0.234 e. The van der Waals surface area contributed by atoms with Crippen LogP contribution in [0.15, 0.2) is 15.6 Å². The molecule has 4 N–H and O–H groups in total. The van der Waals surface area contributed by atoms with Gasteiger partial charge in [0.15, 0.2) is 5.84 Å². The van der Waals surface area contributed by atoms with Crippen molar-refractivity contribution < 1.29 is 14.4 Å². The van der Waals surface area contributed by atoms with Gasteiger partial charge in [0.1, 0.15) is 16.9 Å². The highest BCUT2D eigenvalue weighted by atomic mass is 16.4. The molecule has 0 fully saturated rings. The zero-order valence-electron chi connectivity index (χ0n) is 13.4. The van der Waals surface area contributed by atoms with Gasteiger partial charge in [0, 0.05) is 5.56 Å². The van der Waals surface area contributed by atoms with Gasteiger partial charge in [0.05, 0.1) is 6.04 Å². The Bertz CT molecular complexity index is 530. The lowest BCUT2D eigenvalue weighted by Gasteiger charge is -2.30. The molecule has 118 valence electrons. The molecule has 6 nitrogen and oxygen atoms in total. The van der Waals surface area contributed by atoms with Gasteiger partial charge in [0.2, 0.25) is 5.91 Å². The molecule has 0 aromatic carbocycles. The number of nitrogens with zero attached hydrogens (tertiary/aromatic N) is 1. The van der Waals surface area contributed by atoms with E-state index in [1.165, 1.54) is 0 Å². The molecule has 1 atom stereocenters. The monoisotopic (exact) mass is 295 g/mol. The van der Waals surface area contributed by atoms with Crippen molar-refractivity contribution in [2.45, 2.75) is 53.5 Å². The Balaban J connectivity index is 3.00. The van der Waals surface area contributed by atoms with Gasteiger partial charge in [-0.25, -0.2) is 0 Å². The second-order valence-corrected chi connectivity index (χ2v) is 5.34. The number of furan rings is 1. The SMILES string of the molecule is CCC(CC)(C(=O)NC(C)c1cc(C)oc1C)C(N)=NO. The minimum atomic E-state index is -0.990. The predicted octanol–water partition coefficient (Wildman–Crippen LogP) is 2.63. The summed E-state index contributed by atoms with van der Waals surface area (Å²) in [5, 5.41) is 14.9. The number of aryl methyl sites for hydroxylation is 2. The molecule has 6 heteroatoms. The van der Waals surface area contributed by atoms with E-state index in [0.717, 1.165) is 17.1 Å². The number of oxime groups is 1. The number of carbonyl (C=O) groups excluding carboxylic acids is 1. The fourth-order valence-electron chi connectivity index (χ4n) is 2.64. The lowest BCUT2D eigenvalue weighted by molar-refractivity contribution is -0.128. The minimum absolute atomic E-state index is 0.0581. The van der Waals surface area contributed by atoms with Crippen LogP contribution < -0.4 is 11.1 Å². The van der Waals surface area contributed by atoms with E-state index in [4.69, 9.17) is 15.4 Å². The van der Waals surface area contributed by atoms with Crippen LogP contribution in [0, 0.1) is 19.3 Å². The van der Waals surface area contributed by atoms with E-state index < -0.39 is 5.41 Å². The summed E-state index contributed by atoms with van der Waals surface area (Å²) in [6.07, 6.45) is 0.919. The second-order valence-electron chi connectivity index (χ2n) is 5.34. The summed E-state index contributed by atoms with van der Waals surface area (Å²) in [6, 6.07) is 1.70. The molecule has 0 aliphatic carbocycles. The van der Waals surface area contributed by atoms with Crippen LogP contribution in [0.3, 0.4) is 0 Å². The summed E-state index contributed by atoms with van der Waals surface area (Å²) in [5.74, 6) is 1.28. The third kappa shape index (κ3) is 3.20. The van der Waals surface area contributed by atoms with Crippen molar-refractivity contribution in [1.29, 1.82) is 0 Å². The molecule has 0 aliphatic heterocycles. The molecule has 0 aliphatic rings. The Morgan fingerprint density at radius 3 is 2.43 bits per heavy atom.